The highest BCUT2D eigenvalue weighted by atomic mass is 15.1. The van der Waals surface area contributed by atoms with E-state index in [9.17, 15) is 0 Å². The summed E-state index contributed by atoms with van der Waals surface area (Å²) in [5.74, 6) is 6.37. The molecular formula is C27H47N3. The summed E-state index contributed by atoms with van der Waals surface area (Å²) in [6, 6.07) is 0.265. The topological polar surface area (TPSA) is 48.8 Å². The first kappa shape index (κ1) is 22.5. The number of hydrogen-bond donors (Lipinski definition) is 0. The van der Waals surface area contributed by atoms with E-state index in [1.54, 1.807) is 0 Å². The van der Waals surface area contributed by atoms with Crippen LogP contribution in [0.25, 0.3) is 10.4 Å². The predicted molar refractivity (Wildman–Crippen MR) is 126 cm³/mol. The van der Waals surface area contributed by atoms with Crippen molar-refractivity contribution in [3.8, 4) is 0 Å². The second-order valence-electron chi connectivity index (χ2n) is 12.8. The average Bonchev–Trinajstić information content (AvgIpc) is 3.05. The molecule has 170 valence electrons. The fraction of sp³-hybridized carbons (Fsp3) is 1.00. The molecule has 0 aromatic rings. The molecule has 0 N–H and O–H groups in total. The Kier molecular flexibility index (Phi) is 6.51. The molecular weight excluding hydrogens is 366 g/mol. The number of hydrogen-bond acceptors (Lipinski definition) is 1. The van der Waals surface area contributed by atoms with Gasteiger partial charge in [0.05, 0.1) is 0 Å². The van der Waals surface area contributed by atoms with Crippen molar-refractivity contribution in [2.75, 3.05) is 0 Å². The zero-order valence-electron chi connectivity index (χ0n) is 20.4. The molecule has 9 atom stereocenters. The lowest BCUT2D eigenvalue weighted by atomic mass is 9.44. The van der Waals surface area contributed by atoms with Crippen LogP contribution in [0.1, 0.15) is 112 Å². The minimum Gasteiger partial charge on any atom is -0.0906 e. The molecule has 0 bridgehead atoms. The number of azide groups is 1. The van der Waals surface area contributed by atoms with Gasteiger partial charge in [0.2, 0.25) is 0 Å². The molecule has 3 heteroatoms. The van der Waals surface area contributed by atoms with E-state index >= 15 is 0 Å². The summed E-state index contributed by atoms with van der Waals surface area (Å²) < 4.78 is 0. The second kappa shape index (κ2) is 8.68. The van der Waals surface area contributed by atoms with E-state index in [4.69, 9.17) is 5.53 Å². The van der Waals surface area contributed by atoms with Crippen molar-refractivity contribution in [2.45, 2.75) is 118 Å². The Morgan fingerprint density at radius 2 is 1.63 bits per heavy atom. The summed E-state index contributed by atoms with van der Waals surface area (Å²) in [7, 11) is 0. The fourth-order valence-corrected chi connectivity index (χ4v) is 9.44. The Balaban J connectivity index is 1.45. The maximum Gasteiger partial charge on any atom is 0.0377 e. The minimum atomic E-state index is 0.265. The first-order valence-electron chi connectivity index (χ1n) is 13.3. The van der Waals surface area contributed by atoms with Crippen molar-refractivity contribution in [1.29, 1.82) is 0 Å². The van der Waals surface area contributed by atoms with Crippen LogP contribution in [0, 0.1) is 52.3 Å². The van der Waals surface area contributed by atoms with Crippen molar-refractivity contribution in [3.63, 3.8) is 0 Å². The highest BCUT2D eigenvalue weighted by molar-refractivity contribution is 5.10. The Morgan fingerprint density at radius 1 is 0.900 bits per heavy atom. The zero-order chi connectivity index (χ0) is 21.5. The van der Waals surface area contributed by atoms with Crippen LogP contribution in [0.3, 0.4) is 0 Å². The van der Waals surface area contributed by atoms with Crippen LogP contribution < -0.4 is 0 Å². The highest BCUT2D eigenvalue weighted by Crippen LogP contribution is 2.68. The fourth-order valence-electron chi connectivity index (χ4n) is 9.44. The van der Waals surface area contributed by atoms with Crippen molar-refractivity contribution >= 4 is 0 Å². The maximum atomic E-state index is 8.91. The van der Waals surface area contributed by atoms with Crippen molar-refractivity contribution in [2.24, 2.45) is 57.4 Å². The lowest BCUT2D eigenvalue weighted by Crippen LogP contribution is -2.54. The van der Waals surface area contributed by atoms with Crippen LogP contribution in [-0.4, -0.2) is 6.04 Å². The summed E-state index contributed by atoms with van der Waals surface area (Å²) in [6.07, 6.45) is 16.6. The molecule has 0 unspecified atom stereocenters. The number of rotatable bonds is 6. The molecule has 4 saturated carbocycles. The van der Waals surface area contributed by atoms with E-state index in [0.29, 0.717) is 10.8 Å². The van der Waals surface area contributed by atoms with Gasteiger partial charge in [-0.15, -0.1) is 0 Å². The summed E-state index contributed by atoms with van der Waals surface area (Å²) in [5.41, 5.74) is 10.0. The molecule has 0 saturated heterocycles. The Bertz CT molecular complexity index is 652. The molecule has 0 amide bonds. The van der Waals surface area contributed by atoms with Gasteiger partial charge in [-0.3, -0.25) is 0 Å². The first-order chi connectivity index (χ1) is 14.3. The molecule has 0 radical (unpaired) electrons. The first-order valence-corrected chi connectivity index (χ1v) is 13.3. The molecule has 4 aliphatic rings. The lowest BCUT2D eigenvalue weighted by molar-refractivity contribution is -0.116. The van der Waals surface area contributed by atoms with Crippen molar-refractivity contribution in [1.82, 2.24) is 0 Å². The van der Waals surface area contributed by atoms with Gasteiger partial charge in [-0.05, 0) is 116 Å². The molecule has 0 heterocycles. The van der Waals surface area contributed by atoms with Gasteiger partial charge in [0.1, 0.15) is 0 Å². The second-order valence-corrected chi connectivity index (χ2v) is 12.8. The average molecular weight is 414 g/mol. The molecule has 0 aromatic heterocycles. The highest BCUT2D eigenvalue weighted by Gasteiger charge is 2.60. The van der Waals surface area contributed by atoms with E-state index < -0.39 is 0 Å². The molecule has 0 aliphatic heterocycles. The van der Waals surface area contributed by atoms with Crippen LogP contribution >= 0.6 is 0 Å². The van der Waals surface area contributed by atoms with E-state index in [1.165, 1.54) is 64.2 Å². The van der Waals surface area contributed by atoms with E-state index in [1.807, 2.05) is 0 Å². The molecule has 4 fully saturated rings. The van der Waals surface area contributed by atoms with Gasteiger partial charge in [0, 0.05) is 11.0 Å². The monoisotopic (exact) mass is 413 g/mol. The van der Waals surface area contributed by atoms with Crippen LogP contribution in [0.4, 0.5) is 0 Å². The molecule has 3 nitrogen and oxygen atoms in total. The van der Waals surface area contributed by atoms with Crippen LogP contribution in [0.2, 0.25) is 0 Å². The Labute approximate surface area is 185 Å². The smallest absolute Gasteiger partial charge is 0.0377 e. The standard InChI is InChI=1S/C27H47N3/c1-18(2)7-6-8-19(3)23-11-12-24-22-10-9-20-17-21(29-30-28)13-15-26(20,4)25(22)14-16-27(23,24)5/h18-25H,6-17H2,1-5H3/t19-,20+,21-,22-,23-,24+,25+,26+,27-/m1/s1. The lowest BCUT2D eigenvalue weighted by Gasteiger charge is -2.61. The van der Waals surface area contributed by atoms with Gasteiger partial charge in [0.15, 0.2) is 0 Å². The third kappa shape index (κ3) is 3.82. The van der Waals surface area contributed by atoms with Gasteiger partial charge in [-0.2, -0.15) is 0 Å². The van der Waals surface area contributed by atoms with Gasteiger partial charge < -0.3 is 0 Å². The van der Waals surface area contributed by atoms with E-state index in [-0.39, 0.29) is 6.04 Å². The minimum absolute atomic E-state index is 0.265. The summed E-state index contributed by atoms with van der Waals surface area (Å²) in [6.45, 7) is 12.7. The number of nitrogens with zero attached hydrogens (tertiary/aromatic N) is 3. The maximum absolute atomic E-state index is 8.91. The summed E-state index contributed by atoms with van der Waals surface area (Å²) in [4.78, 5) is 3.13. The van der Waals surface area contributed by atoms with E-state index in [2.05, 4.69) is 44.6 Å². The van der Waals surface area contributed by atoms with Crippen molar-refractivity contribution in [3.05, 3.63) is 10.4 Å². The SMILES string of the molecule is CC(C)CCC[C@@H](C)[C@H]1CC[C@H]2[C@H]3CC[C@H]4C[C@H](N=[N+]=[N-])CC[C@]4(C)[C@H]3CC[C@]12C. The quantitative estimate of drug-likeness (QED) is 0.237. The molecule has 4 aliphatic carbocycles. The Hall–Kier alpha value is -0.690. The largest absolute Gasteiger partial charge is 0.0906 e. The van der Waals surface area contributed by atoms with Crippen LogP contribution in [0.15, 0.2) is 5.11 Å². The van der Waals surface area contributed by atoms with E-state index in [0.717, 1.165) is 54.3 Å². The van der Waals surface area contributed by atoms with Gasteiger partial charge in [-0.1, -0.05) is 59.0 Å². The van der Waals surface area contributed by atoms with Crippen LogP contribution in [-0.2, 0) is 0 Å². The van der Waals surface area contributed by atoms with Gasteiger partial charge in [0.25, 0.3) is 0 Å². The van der Waals surface area contributed by atoms with Gasteiger partial charge in [-0.25, -0.2) is 0 Å². The zero-order valence-corrected chi connectivity index (χ0v) is 20.4. The van der Waals surface area contributed by atoms with Crippen LogP contribution in [0.5, 0.6) is 0 Å². The predicted octanol–water partition coefficient (Wildman–Crippen LogP) is 8.79. The molecule has 4 rings (SSSR count). The third-order valence-corrected chi connectivity index (χ3v) is 11.1. The third-order valence-electron chi connectivity index (χ3n) is 11.1. The Morgan fingerprint density at radius 3 is 2.37 bits per heavy atom. The summed E-state index contributed by atoms with van der Waals surface area (Å²) in [5, 5.41) is 4.12. The van der Waals surface area contributed by atoms with Crippen molar-refractivity contribution < 1.29 is 0 Å². The molecule has 0 spiro atoms. The molecule has 0 aromatic carbocycles. The summed E-state index contributed by atoms with van der Waals surface area (Å²) >= 11 is 0. The normalized spacial score (nSPS) is 46.5. The molecule has 30 heavy (non-hydrogen) atoms. The van der Waals surface area contributed by atoms with Gasteiger partial charge >= 0.3 is 0 Å². The number of fused-ring (bicyclic) bond motifs is 5.